The average Bonchev–Trinajstić information content (AvgIpc) is 3.08. The second-order valence-corrected chi connectivity index (χ2v) is 8.16. The molecule has 27 heavy (non-hydrogen) atoms. The predicted molar refractivity (Wildman–Crippen MR) is 124 cm³/mol. The van der Waals surface area contributed by atoms with Gasteiger partial charge in [-0.25, -0.2) is 9.97 Å². The van der Waals surface area contributed by atoms with Gasteiger partial charge in [-0.15, -0.1) is 35.3 Å². The van der Waals surface area contributed by atoms with Crippen molar-refractivity contribution >= 4 is 47.1 Å². The van der Waals surface area contributed by atoms with Crippen LogP contribution in [0.3, 0.4) is 0 Å². The number of pyridine rings is 1. The molecule has 0 saturated carbocycles. The second-order valence-electron chi connectivity index (χ2n) is 6.84. The van der Waals surface area contributed by atoms with E-state index in [1.807, 2.05) is 12.4 Å². The van der Waals surface area contributed by atoms with Gasteiger partial charge in [-0.05, 0) is 37.3 Å². The maximum atomic E-state index is 4.64. The van der Waals surface area contributed by atoms with Gasteiger partial charge in [-0.2, -0.15) is 0 Å². The molecule has 1 aliphatic rings. The van der Waals surface area contributed by atoms with Crippen molar-refractivity contribution in [1.29, 1.82) is 0 Å². The first kappa shape index (κ1) is 21.9. The molecular weight excluding hydrogens is 471 g/mol. The lowest BCUT2D eigenvalue weighted by Crippen LogP contribution is -2.36. The van der Waals surface area contributed by atoms with E-state index in [1.165, 1.54) is 17.7 Å². The molecule has 2 aromatic rings. The Bertz CT molecular complexity index is 722. The fourth-order valence-corrected chi connectivity index (χ4v) is 3.72. The molecule has 0 aliphatic carbocycles. The minimum absolute atomic E-state index is 0. The molecule has 1 saturated heterocycles. The number of aromatic nitrogens is 2. The number of hydrogen-bond acceptors (Lipinski definition) is 5. The van der Waals surface area contributed by atoms with Gasteiger partial charge in [-0.3, -0.25) is 4.99 Å². The molecule has 3 rings (SSSR count). The van der Waals surface area contributed by atoms with Gasteiger partial charge in [0.1, 0.15) is 10.8 Å². The van der Waals surface area contributed by atoms with E-state index in [0.717, 1.165) is 41.4 Å². The van der Waals surface area contributed by atoms with Gasteiger partial charge < -0.3 is 15.5 Å². The molecule has 0 aromatic carbocycles. The van der Waals surface area contributed by atoms with E-state index in [2.05, 4.69) is 56.5 Å². The maximum Gasteiger partial charge on any atom is 0.191 e. The van der Waals surface area contributed by atoms with Crippen molar-refractivity contribution in [1.82, 2.24) is 20.6 Å². The molecule has 0 spiro atoms. The van der Waals surface area contributed by atoms with Gasteiger partial charge in [0.15, 0.2) is 5.96 Å². The molecular formula is C19H29IN6S. The summed E-state index contributed by atoms with van der Waals surface area (Å²) < 4.78 is 0. The van der Waals surface area contributed by atoms with Crippen LogP contribution < -0.4 is 15.5 Å². The number of aryl methyl sites for hydroxylation is 1. The Morgan fingerprint density at radius 2 is 1.93 bits per heavy atom. The molecule has 1 fully saturated rings. The van der Waals surface area contributed by atoms with Crippen LogP contribution in [0.25, 0.3) is 0 Å². The SMILES string of the molecule is CN=C(NCc1ccc(N2CCC(C)CC2)nc1)NCc1ncc(C)s1.I. The Morgan fingerprint density at radius 1 is 1.19 bits per heavy atom. The quantitative estimate of drug-likeness (QED) is 0.374. The minimum atomic E-state index is 0. The number of guanidine groups is 1. The summed E-state index contributed by atoms with van der Waals surface area (Å²) in [6.07, 6.45) is 6.36. The Balaban J connectivity index is 0.00000261. The molecule has 0 bridgehead atoms. The van der Waals surface area contributed by atoms with Gasteiger partial charge in [0.25, 0.3) is 0 Å². The summed E-state index contributed by atoms with van der Waals surface area (Å²) in [5.41, 5.74) is 1.15. The lowest BCUT2D eigenvalue weighted by Gasteiger charge is -2.31. The minimum Gasteiger partial charge on any atom is -0.357 e. The number of halogens is 1. The third kappa shape index (κ3) is 6.60. The molecule has 0 atom stereocenters. The van der Waals surface area contributed by atoms with E-state index in [4.69, 9.17) is 0 Å². The van der Waals surface area contributed by atoms with Crippen LogP contribution in [-0.2, 0) is 13.1 Å². The molecule has 0 unspecified atom stereocenters. The molecule has 148 valence electrons. The van der Waals surface area contributed by atoms with E-state index in [9.17, 15) is 0 Å². The topological polar surface area (TPSA) is 65.4 Å². The van der Waals surface area contributed by atoms with Crippen molar-refractivity contribution in [3.63, 3.8) is 0 Å². The largest absolute Gasteiger partial charge is 0.357 e. The Kier molecular flexibility index (Phi) is 8.75. The van der Waals surface area contributed by atoms with Crippen molar-refractivity contribution in [2.45, 2.75) is 39.8 Å². The summed E-state index contributed by atoms with van der Waals surface area (Å²) in [4.78, 5) is 16.9. The van der Waals surface area contributed by atoms with Gasteiger partial charge >= 0.3 is 0 Å². The van der Waals surface area contributed by atoms with Crippen LogP contribution in [0.1, 0.15) is 35.2 Å². The number of thiazole rings is 1. The molecule has 1 aliphatic heterocycles. The third-order valence-corrected chi connectivity index (χ3v) is 5.59. The number of nitrogens with zero attached hydrogens (tertiary/aromatic N) is 4. The first-order valence-corrected chi connectivity index (χ1v) is 10.0. The van der Waals surface area contributed by atoms with E-state index >= 15 is 0 Å². The van der Waals surface area contributed by atoms with Crippen molar-refractivity contribution < 1.29 is 0 Å². The fraction of sp³-hybridized carbons (Fsp3) is 0.526. The van der Waals surface area contributed by atoms with Crippen LogP contribution in [0.15, 0.2) is 29.5 Å². The monoisotopic (exact) mass is 500 g/mol. The van der Waals surface area contributed by atoms with Gasteiger partial charge in [0.05, 0.1) is 6.54 Å². The normalized spacial score (nSPS) is 15.4. The number of aliphatic imine (C=N–C) groups is 1. The lowest BCUT2D eigenvalue weighted by atomic mass is 9.99. The van der Waals surface area contributed by atoms with E-state index < -0.39 is 0 Å². The zero-order chi connectivity index (χ0) is 18.4. The number of rotatable bonds is 5. The van der Waals surface area contributed by atoms with Crippen molar-refractivity contribution in [2.75, 3.05) is 25.0 Å². The first-order valence-electron chi connectivity index (χ1n) is 9.19. The highest BCUT2D eigenvalue weighted by molar-refractivity contribution is 14.0. The Hall–Kier alpha value is -1.42. The Labute approximate surface area is 182 Å². The van der Waals surface area contributed by atoms with Crippen LogP contribution in [0.4, 0.5) is 5.82 Å². The van der Waals surface area contributed by atoms with Crippen LogP contribution in [0, 0.1) is 12.8 Å². The smallest absolute Gasteiger partial charge is 0.191 e. The highest BCUT2D eigenvalue weighted by atomic mass is 127. The summed E-state index contributed by atoms with van der Waals surface area (Å²) in [7, 11) is 1.78. The molecule has 2 N–H and O–H groups in total. The average molecular weight is 500 g/mol. The molecule has 0 amide bonds. The Morgan fingerprint density at radius 3 is 2.52 bits per heavy atom. The van der Waals surface area contributed by atoms with Crippen molar-refractivity contribution in [3.05, 3.63) is 40.0 Å². The van der Waals surface area contributed by atoms with E-state index in [-0.39, 0.29) is 24.0 Å². The molecule has 8 heteroatoms. The standard InChI is InChI=1S/C19H28N6S.HI/c1-14-6-8-25(9-7-14)17-5-4-16(11-21-17)12-23-19(20-3)24-13-18-22-10-15(2)26-18;/h4-5,10-11,14H,6-9,12-13H2,1-3H3,(H2,20,23,24);1H. The number of nitrogens with one attached hydrogen (secondary N) is 2. The van der Waals surface area contributed by atoms with Gasteiger partial charge in [0.2, 0.25) is 0 Å². The number of hydrogen-bond donors (Lipinski definition) is 2. The summed E-state index contributed by atoms with van der Waals surface area (Å²) in [5.74, 6) is 2.69. The zero-order valence-corrected chi connectivity index (χ0v) is 19.4. The third-order valence-electron chi connectivity index (χ3n) is 4.68. The van der Waals surface area contributed by atoms with E-state index in [1.54, 1.807) is 18.4 Å². The molecule has 3 heterocycles. The molecule has 0 radical (unpaired) electrons. The summed E-state index contributed by atoms with van der Waals surface area (Å²) in [5, 5.41) is 7.69. The van der Waals surface area contributed by atoms with Gasteiger partial charge in [0, 0.05) is 44.0 Å². The second kappa shape index (κ2) is 10.8. The summed E-state index contributed by atoms with van der Waals surface area (Å²) in [6.45, 7) is 7.99. The van der Waals surface area contributed by atoms with E-state index in [0.29, 0.717) is 13.1 Å². The summed E-state index contributed by atoms with van der Waals surface area (Å²) in [6, 6.07) is 4.27. The highest BCUT2D eigenvalue weighted by Crippen LogP contribution is 2.21. The fourth-order valence-electron chi connectivity index (χ4n) is 2.99. The highest BCUT2D eigenvalue weighted by Gasteiger charge is 2.16. The number of piperidine rings is 1. The van der Waals surface area contributed by atoms with Crippen LogP contribution in [-0.4, -0.2) is 36.1 Å². The lowest BCUT2D eigenvalue weighted by molar-refractivity contribution is 0.436. The van der Waals surface area contributed by atoms with Gasteiger partial charge in [-0.1, -0.05) is 13.0 Å². The van der Waals surface area contributed by atoms with Crippen molar-refractivity contribution in [3.8, 4) is 0 Å². The van der Waals surface area contributed by atoms with Crippen LogP contribution >= 0.6 is 35.3 Å². The first-order chi connectivity index (χ1) is 12.6. The van der Waals surface area contributed by atoms with Crippen molar-refractivity contribution in [2.24, 2.45) is 10.9 Å². The molecule has 2 aromatic heterocycles. The predicted octanol–water partition coefficient (Wildman–Crippen LogP) is 3.57. The van der Waals surface area contributed by atoms with Crippen LogP contribution in [0.5, 0.6) is 0 Å². The zero-order valence-electron chi connectivity index (χ0n) is 16.2. The van der Waals surface area contributed by atoms with Crippen LogP contribution in [0.2, 0.25) is 0 Å². The number of anilines is 1. The molecule has 6 nitrogen and oxygen atoms in total. The summed E-state index contributed by atoms with van der Waals surface area (Å²) >= 11 is 1.70. The maximum absolute atomic E-state index is 4.64.